The molecule has 0 fully saturated rings. The van der Waals surface area contributed by atoms with Gasteiger partial charge < -0.3 is 19.2 Å². The number of aromatic nitrogens is 1. The molecule has 0 aliphatic rings. The predicted molar refractivity (Wildman–Crippen MR) is 120 cm³/mol. The zero-order chi connectivity index (χ0) is 22.3. The third kappa shape index (κ3) is 7.26. The van der Waals surface area contributed by atoms with Crippen LogP contribution in [0.3, 0.4) is 0 Å². The zero-order valence-electron chi connectivity index (χ0n) is 18.6. The molecule has 31 heavy (non-hydrogen) atoms. The molecule has 3 rings (SSSR count). The Labute approximate surface area is 183 Å². The minimum Gasteiger partial charge on any atom is -0.493 e. The minimum atomic E-state index is -0.467. The van der Waals surface area contributed by atoms with Gasteiger partial charge in [-0.1, -0.05) is 30.3 Å². The number of esters is 1. The van der Waals surface area contributed by atoms with Gasteiger partial charge in [0.05, 0.1) is 18.8 Å². The highest BCUT2D eigenvalue weighted by molar-refractivity contribution is 5.72. The summed E-state index contributed by atoms with van der Waals surface area (Å²) in [6.07, 6.45) is 0.668. The van der Waals surface area contributed by atoms with Crippen LogP contribution >= 0.6 is 0 Å². The fraction of sp³-hybridized carbons (Fsp3) is 0.360. The molecule has 0 unspecified atom stereocenters. The molecular formula is C25H30N2O4. The van der Waals surface area contributed by atoms with Crippen molar-refractivity contribution >= 4 is 5.97 Å². The second-order valence-corrected chi connectivity index (χ2v) is 8.32. The highest BCUT2D eigenvalue weighted by Crippen LogP contribution is 2.22. The molecule has 0 amide bonds. The van der Waals surface area contributed by atoms with Crippen molar-refractivity contribution in [2.24, 2.45) is 0 Å². The number of nitrogens with one attached hydrogen (secondary N) is 1. The van der Waals surface area contributed by atoms with Crippen LogP contribution in [-0.4, -0.2) is 29.7 Å². The van der Waals surface area contributed by atoms with Crippen LogP contribution in [0.4, 0.5) is 0 Å². The Hall–Kier alpha value is -3.12. The lowest BCUT2D eigenvalue weighted by Gasteiger charge is -2.19. The van der Waals surface area contributed by atoms with Gasteiger partial charge in [0, 0.05) is 18.5 Å². The summed E-state index contributed by atoms with van der Waals surface area (Å²) < 4.78 is 16.9. The van der Waals surface area contributed by atoms with Crippen molar-refractivity contribution in [3.05, 3.63) is 71.6 Å². The molecule has 6 nitrogen and oxygen atoms in total. The highest BCUT2D eigenvalue weighted by atomic mass is 16.6. The molecule has 0 saturated carbocycles. The Morgan fingerprint density at radius 3 is 2.45 bits per heavy atom. The highest BCUT2D eigenvalue weighted by Gasteiger charge is 2.15. The minimum absolute atomic E-state index is 0.178. The molecule has 0 saturated heterocycles. The molecule has 0 atom stereocenters. The molecule has 164 valence electrons. The van der Waals surface area contributed by atoms with Crippen LogP contribution in [0, 0.1) is 6.92 Å². The molecule has 1 aromatic heterocycles. The summed E-state index contributed by atoms with van der Waals surface area (Å²) in [6, 6.07) is 17.7. The molecule has 6 heteroatoms. The lowest BCUT2D eigenvalue weighted by Crippen LogP contribution is -2.31. The Morgan fingerprint density at radius 2 is 1.77 bits per heavy atom. The van der Waals surface area contributed by atoms with Crippen LogP contribution in [0.15, 0.2) is 59.0 Å². The first kappa shape index (κ1) is 22.6. The molecule has 2 aromatic carbocycles. The van der Waals surface area contributed by atoms with E-state index in [1.165, 1.54) is 0 Å². The van der Waals surface area contributed by atoms with Crippen LogP contribution < -0.4 is 10.1 Å². The lowest BCUT2D eigenvalue weighted by molar-refractivity contribution is -0.153. The summed E-state index contributed by atoms with van der Waals surface area (Å²) in [4.78, 5) is 16.3. The van der Waals surface area contributed by atoms with Gasteiger partial charge in [0.2, 0.25) is 5.89 Å². The standard InChI is InChI=1S/C25H30N2O4/c1-18-22(27-24(30-18)20-8-6-5-7-9-20)14-15-29-21-12-10-19(11-13-21)16-26-17-23(28)31-25(2,3)4/h5-13,26H,14-17H2,1-4H3. The maximum Gasteiger partial charge on any atom is 0.320 e. The van der Waals surface area contributed by atoms with E-state index in [9.17, 15) is 4.79 Å². The topological polar surface area (TPSA) is 73.6 Å². The molecule has 1 N–H and O–H groups in total. The molecule has 0 aliphatic carbocycles. The molecule has 1 heterocycles. The van der Waals surface area contributed by atoms with E-state index in [1.54, 1.807) is 0 Å². The summed E-state index contributed by atoms with van der Waals surface area (Å²) in [6.45, 7) is 8.77. The number of hydrogen-bond acceptors (Lipinski definition) is 6. The normalized spacial score (nSPS) is 11.4. The summed E-state index contributed by atoms with van der Waals surface area (Å²) in [5.74, 6) is 1.98. The number of nitrogens with zero attached hydrogens (tertiary/aromatic N) is 1. The van der Waals surface area contributed by atoms with Gasteiger partial charge in [-0.25, -0.2) is 4.98 Å². The first-order valence-electron chi connectivity index (χ1n) is 10.5. The summed E-state index contributed by atoms with van der Waals surface area (Å²) >= 11 is 0. The maximum absolute atomic E-state index is 11.7. The van der Waals surface area contributed by atoms with Gasteiger partial charge in [-0.3, -0.25) is 4.79 Å². The Bertz CT molecular complexity index is 973. The summed E-state index contributed by atoms with van der Waals surface area (Å²) in [7, 11) is 0. The van der Waals surface area contributed by atoms with Crippen LogP contribution in [0.2, 0.25) is 0 Å². The van der Waals surface area contributed by atoms with Crippen LogP contribution in [-0.2, 0) is 22.5 Å². The van der Waals surface area contributed by atoms with E-state index in [4.69, 9.17) is 13.9 Å². The van der Waals surface area contributed by atoms with E-state index in [0.29, 0.717) is 25.5 Å². The molecule has 0 bridgehead atoms. The predicted octanol–water partition coefficient (Wildman–Crippen LogP) is 4.70. The Kier molecular flexibility index (Phi) is 7.47. The van der Waals surface area contributed by atoms with E-state index in [-0.39, 0.29) is 12.5 Å². The monoisotopic (exact) mass is 422 g/mol. The first-order valence-corrected chi connectivity index (χ1v) is 10.5. The van der Waals surface area contributed by atoms with Crippen LogP contribution in [0.5, 0.6) is 5.75 Å². The molecular weight excluding hydrogens is 392 g/mol. The zero-order valence-corrected chi connectivity index (χ0v) is 18.6. The molecule has 0 radical (unpaired) electrons. The number of rotatable bonds is 9. The summed E-state index contributed by atoms with van der Waals surface area (Å²) in [5.41, 5.74) is 2.47. The number of ether oxygens (including phenoxy) is 2. The van der Waals surface area contributed by atoms with Crippen molar-refractivity contribution in [2.75, 3.05) is 13.2 Å². The van der Waals surface area contributed by atoms with Gasteiger partial charge in [-0.2, -0.15) is 0 Å². The molecule has 0 spiro atoms. The number of oxazole rings is 1. The summed E-state index contributed by atoms with van der Waals surface area (Å²) in [5, 5.41) is 3.10. The van der Waals surface area contributed by atoms with Gasteiger partial charge >= 0.3 is 5.97 Å². The number of carbonyl (C=O) groups excluding carboxylic acids is 1. The van der Waals surface area contributed by atoms with Gasteiger partial charge in [0.25, 0.3) is 0 Å². The van der Waals surface area contributed by atoms with Crippen molar-refractivity contribution < 1.29 is 18.7 Å². The third-order valence-corrected chi connectivity index (χ3v) is 4.46. The van der Waals surface area contributed by atoms with Gasteiger partial charge in [0.1, 0.15) is 17.1 Å². The van der Waals surface area contributed by atoms with Crippen molar-refractivity contribution in [1.82, 2.24) is 10.3 Å². The smallest absolute Gasteiger partial charge is 0.320 e. The van der Waals surface area contributed by atoms with Crippen molar-refractivity contribution in [1.29, 1.82) is 0 Å². The number of hydrogen-bond donors (Lipinski definition) is 1. The largest absolute Gasteiger partial charge is 0.493 e. The van der Waals surface area contributed by atoms with E-state index < -0.39 is 5.60 Å². The number of benzene rings is 2. The second-order valence-electron chi connectivity index (χ2n) is 8.32. The van der Waals surface area contributed by atoms with E-state index in [0.717, 1.165) is 28.3 Å². The Morgan fingerprint density at radius 1 is 1.06 bits per heavy atom. The first-order chi connectivity index (χ1) is 14.8. The van der Waals surface area contributed by atoms with E-state index in [1.807, 2.05) is 82.3 Å². The lowest BCUT2D eigenvalue weighted by atomic mass is 10.2. The van der Waals surface area contributed by atoms with E-state index >= 15 is 0 Å². The van der Waals surface area contributed by atoms with E-state index in [2.05, 4.69) is 10.3 Å². The fourth-order valence-electron chi connectivity index (χ4n) is 3.02. The Balaban J connectivity index is 1.43. The van der Waals surface area contributed by atoms with Crippen molar-refractivity contribution in [3.8, 4) is 17.2 Å². The van der Waals surface area contributed by atoms with Gasteiger partial charge in [0.15, 0.2) is 0 Å². The SMILES string of the molecule is Cc1oc(-c2ccccc2)nc1CCOc1ccc(CNCC(=O)OC(C)(C)C)cc1. The van der Waals surface area contributed by atoms with Gasteiger partial charge in [-0.05, 0) is 57.5 Å². The average Bonchev–Trinajstić information content (AvgIpc) is 3.09. The fourth-order valence-corrected chi connectivity index (χ4v) is 3.02. The molecule has 0 aliphatic heterocycles. The van der Waals surface area contributed by atoms with Crippen molar-refractivity contribution in [2.45, 2.75) is 46.3 Å². The molecule has 3 aromatic rings. The third-order valence-electron chi connectivity index (χ3n) is 4.46. The average molecular weight is 423 g/mol. The number of aryl methyl sites for hydroxylation is 1. The number of carbonyl (C=O) groups is 1. The second kappa shape index (κ2) is 10.3. The maximum atomic E-state index is 11.7. The quantitative estimate of drug-likeness (QED) is 0.504. The van der Waals surface area contributed by atoms with Crippen molar-refractivity contribution in [3.63, 3.8) is 0 Å². The van der Waals surface area contributed by atoms with Crippen LogP contribution in [0.25, 0.3) is 11.5 Å². The van der Waals surface area contributed by atoms with Gasteiger partial charge in [-0.15, -0.1) is 0 Å². The van der Waals surface area contributed by atoms with Crippen LogP contribution in [0.1, 0.15) is 37.8 Å².